The molecule has 10 heteroatoms. The van der Waals surface area contributed by atoms with E-state index in [-0.39, 0.29) is 43.0 Å². The number of nitrogen functional groups attached to an aromatic ring is 1. The predicted octanol–water partition coefficient (Wildman–Crippen LogP) is -0.620. The van der Waals surface area contributed by atoms with Crippen LogP contribution in [-0.4, -0.2) is 49.9 Å². The van der Waals surface area contributed by atoms with Crippen molar-refractivity contribution in [3.63, 3.8) is 0 Å². The van der Waals surface area contributed by atoms with Gasteiger partial charge in [-0.1, -0.05) is 6.92 Å². The molecule has 10 nitrogen and oxygen atoms in total. The largest absolute Gasteiger partial charge is 0.463 e. The lowest BCUT2D eigenvalue weighted by Crippen LogP contribution is -2.26. The summed E-state index contributed by atoms with van der Waals surface area (Å²) in [6.07, 6.45) is 1.69. The number of H-pyrrole nitrogens is 1. The molecule has 2 aromatic heterocycles. The number of imidazole rings is 1. The number of nitrogens with two attached hydrogens (primary N) is 1. The monoisotopic (exact) mass is 325 g/mol. The van der Waals surface area contributed by atoms with Crippen molar-refractivity contribution < 1.29 is 19.4 Å². The Labute approximate surface area is 131 Å². The third-order valence-electron chi connectivity index (χ3n) is 3.03. The topological polar surface area (TPSA) is 145 Å². The van der Waals surface area contributed by atoms with Crippen molar-refractivity contribution in [3.8, 4) is 0 Å². The number of fused-ring (bicyclic) bond motifs is 1. The highest BCUT2D eigenvalue weighted by Gasteiger charge is 2.14. The van der Waals surface area contributed by atoms with E-state index < -0.39 is 11.7 Å². The normalized spacial score (nSPS) is 12.4. The van der Waals surface area contributed by atoms with Gasteiger partial charge in [0.25, 0.3) is 5.56 Å². The van der Waals surface area contributed by atoms with Crippen LogP contribution >= 0.6 is 0 Å². The highest BCUT2D eigenvalue weighted by Crippen LogP contribution is 2.07. The first-order valence-electron chi connectivity index (χ1n) is 7.13. The summed E-state index contributed by atoms with van der Waals surface area (Å²) in [4.78, 5) is 33.2. The van der Waals surface area contributed by atoms with Gasteiger partial charge in [0.15, 0.2) is 11.2 Å². The molecule has 2 heterocycles. The average Bonchev–Trinajstić information content (AvgIpc) is 2.91. The molecular formula is C13H19N5O5. The van der Waals surface area contributed by atoms with Gasteiger partial charge >= 0.3 is 5.97 Å². The Balaban J connectivity index is 1.99. The van der Waals surface area contributed by atoms with Crippen LogP contribution in [0.15, 0.2) is 11.1 Å². The van der Waals surface area contributed by atoms with Gasteiger partial charge in [-0.05, 0) is 6.42 Å². The number of carbonyl (C=O) groups is 1. The van der Waals surface area contributed by atoms with Crippen molar-refractivity contribution in [1.82, 2.24) is 19.5 Å². The molecule has 0 radical (unpaired) electrons. The van der Waals surface area contributed by atoms with Crippen LogP contribution < -0.4 is 11.3 Å². The summed E-state index contributed by atoms with van der Waals surface area (Å²) >= 11 is 0. The number of carbonyl (C=O) groups excluding carboxylic acids is 1. The summed E-state index contributed by atoms with van der Waals surface area (Å²) in [5.41, 5.74) is 5.46. The van der Waals surface area contributed by atoms with E-state index in [0.29, 0.717) is 12.8 Å². The number of aliphatic hydroxyl groups excluding tert-OH is 1. The molecule has 1 unspecified atom stereocenters. The van der Waals surface area contributed by atoms with Crippen LogP contribution in [0.5, 0.6) is 0 Å². The summed E-state index contributed by atoms with van der Waals surface area (Å²) < 4.78 is 11.9. The molecule has 0 aliphatic rings. The van der Waals surface area contributed by atoms with Crippen LogP contribution in [0.25, 0.3) is 11.2 Å². The number of aromatic nitrogens is 4. The second-order valence-corrected chi connectivity index (χ2v) is 4.87. The highest BCUT2D eigenvalue weighted by atomic mass is 16.6. The van der Waals surface area contributed by atoms with Crippen molar-refractivity contribution >= 4 is 23.1 Å². The maximum absolute atomic E-state index is 11.7. The fraction of sp³-hybridized carbons (Fsp3) is 0.538. The molecule has 0 aliphatic heterocycles. The van der Waals surface area contributed by atoms with Crippen LogP contribution in [0.2, 0.25) is 0 Å². The van der Waals surface area contributed by atoms with Gasteiger partial charge in [-0.25, -0.2) is 4.98 Å². The molecule has 0 fully saturated rings. The minimum Gasteiger partial charge on any atom is -0.463 e. The molecule has 0 spiro atoms. The lowest BCUT2D eigenvalue weighted by Gasteiger charge is -2.16. The Morgan fingerprint density at radius 1 is 1.57 bits per heavy atom. The third kappa shape index (κ3) is 4.27. The number of anilines is 1. The van der Waals surface area contributed by atoms with Crippen molar-refractivity contribution in [2.24, 2.45) is 0 Å². The number of aromatic amines is 1. The smallest absolute Gasteiger partial charge is 0.305 e. The van der Waals surface area contributed by atoms with Crippen molar-refractivity contribution in [1.29, 1.82) is 0 Å². The number of hydrogen-bond acceptors (Lipinski definition) is 8. The van der Waals surface area contributed by atoms with E-state index in [2.05, 4.69) is 15.0 Å². The number of aliphatic hydroxyl groups is 1. The SMILES string of the molecule is CCCC(=O)OCC(CO)OCn1cnc2c(=O)[nH]c(N)nc21. The first-order chi connectivity index (χ1) is 11.0. The zero-order chi connectivity index (χ0) is 16.8. The quantitative estimate of drug-likeness (QED) is 0.544. The number of ether oxygens (including phenoxy) is 2. The van der Waals surface area contributed by atoms with E-state index in [9.17, 15) is 14.7 Å². The van der Waals surface area contributed by atoms with Crippen molar-refractivity contribution in [2.75, 3.05) is 18.9 Å². The molecule has 2 aromatic rings. The van der Waals surface area contributed by atoms with E-state index in [1.165, 1.54) is 10.9 Å². The Morgan fingerprint density at radius 2 is 2.35 bits per heavy atom. The fourth-order valence-corrected chi connectivity index (χ4v) is 1.87. The molecule has 0 bridgehead atoms. The minimum absolute atomic E-state index is 0.0249. The summed E-state index contributed by atoms with van der Waals surface area (Å²) in [5.74, 6) is -0.375. The molecule has 1 atom stereocenters. The molecule has 2 rings (SSSR count). The first-order valence-corrected chi connectivity index (χ1v) is 7.13. The molecule has 0 amide bonds. The van der Waals surface area contributed by atoms with Crippen LogP contribution in [0.4, 0.5) is 5.95 Å². The van der Waals surface area contributed by atoms with Crippen LogP contribution in [0.1, 0.15) is 19.8 Å². The van der Waals surface area contributed by atoms with Crippen molar-refractivity contribution in [3.05, 3.63) is 16.7 Å². The van der Waals surface area contributed by atoms with Gasteiger partial charge in [-0.15, -0.1) is 0 Å². The van der Waals surface area contributed by atoms with Crippen molar-refractivity contribution in [2.45, 2.75) is 32.6 Å². The summed E-state index contributed by atoms with van der Waals surface area (Å²) in [5, 5.41) is 9.27. The standard InChI is InChI=1S/C13H19N5O5/c1-2-3-9(20)22-5-8(4-19)23-7-18-6-15-10-11(18)16-13(14)17-12(10)21/h6,8,19H,2-5,7H2,1H3,(H3,14,16,17,21). The number of hydrogen-bond donors (Lipinski definition) is 3. The average molecular weight is 325 g/mol. The molecule has 0 aromatic carbocycles. The molecule has 0 saturated heterocycles. The summed E-state index contributed by atoms with van der Waals surface area (Å²) in [6, 6.07) is 0. The number of rotatable bonds is 8. The Morgan fingerprint density at radius 3 is 3.04 bits per heavy atom. The number of esters is 1. The molecule has 126 valence electrons. The van der Waals surface area contributed by atoms with E-state index in [0.717, 1.165) is 0 Å². The van der Waals surface area contributed by atoms with E-state index in [4.69, 9.17) is 15.2 Å². The van der Waals surface area contributed by atoms with E-state index in [1.807, 2.05) is 6.92 Å². The maximum Gasteiger partial charge on any atom is 0.305 e. The molecule has 0 saturated carbocycles. The Hall–Kier alpha value is -2.46. The predicted molar refractivity (Wildman–Crippen MR) is 80.4 cm³/mol. The van der Waals surface area contributed by atoms with Gasteiger partial charge in [-0.3, -0.25) is 19.1 Å². The van der Waals surface area contributed by atoms with Gasteiger partial charge in [0.05, 0.1) is 12.9 Å². The van der Waals surface area contributed by atoms with Crippen LogP contribution in [-0.2, 0) is 21.0 Å². The zero-order valence-electron chi connectivity index (χ0n) is 12.7. The molecule has 23 heavy (non-hydrogen) atoms. The lowest BCUT2D eigenvalue weighted by atomic mass is 10.3. The van der Waals surface area contributed by atoms with Gasteiger partial charge in [-0.2, -0.15) is 4.98 Å². The highest BCUT2D eigenvalue weighted by molar-refractivity contribution is 5.70. The van der Waals surface area contributed by atoms with Gasteiger partial charge in [0.1, 0.15) is 19.4 Å². The van der Waals surface area contributed by atoms with Crippen LogP contribution in [0.3, 0.4) is 0 Å². The minimum atomic E-state index is -0.687. The third-order valence-corrected chi connectivity index (χ3v) is 3.03. The molecule has 4 N–H and O–H groups in total. The van der Waals surface area contributed by atoms with E-state index >= 15 is 0 Å². The maximum atomic E-state index is 11.7. The van der Waals surface area contributed by atoms with Gasteiger partial charge < -0.3 is 20.3 Å². The second kappa shape index (κ2) is 7.70. The molecule has 0 aliphatic carbocycles. The van der Waals surface area contributed by atoms with Gasteiger partial charge in [0.2, 0.25) is 5.95 Å². The Kier molecular flexibility index (Phi) is 5.66. The Bertz CT molecular complexity index is 725. The first kappa shape index (κ1) is 16.9. The van der Waals surface area contributed by atoms with Gasteiger partial charge in [0, 0.05) is 6.42 Å². The molecular weight excluding hydrogens is 306 g/mol. The number of nitrogens with one attached hydrogen (secondary N) is 1. The second-order valence-electron chi connectivity index (χ2n) is 4.87. The van der Waals surface area contributed by atoms with E-state index in [1.54, 1.807) is 0 Å². The number of nitrogens with zero attached hydrogens (tertiary/aromatic N) is 3. The zero-order valence-corrected chi connectivity index (χ0v) is 12.7. The summed E-state index contributed by atoms with van der Waals surface area (Å²) in [6.45, 7) is 1.47. The lowest BCUT2D eigenvalue weighted by molar-refractivity contribution is -0.150. The fourth-order valence-electron chi connectivity index (χ4n) is 1.87. The van der Waals surface area contributed by atoms with Crippen LogP contribution in [0, 0.1) is 0 Å². The summed E-state index contributed by atoms with van der Waals surface area (Å²) in [7, 11) is 0.